The van der Waals surface area contributed by atoms with Crippen molar-refractivity contribution in [2.45, 2.75) is 39.5 Å². The van der Waals surface area contributed by atoms with Gasteiger partial charge < -0.3 is 18.9 Å². The van der Waals surface area contributed by atoms with Crippen LogP contribution in [0.2, 0.25) is 0 Å². The summed E-state index contributed by atoms with van der Waals surface area (Å²) >= 11 is 0. The van der Waals surface area contributed by atoms with E-state index in [9.17, 15) is 4.79 Å². The molecule has 1 aliphatic rings. The number of hydrogen-bond acceptors (Lipinski definition) is 6. The molecule has 3 rings (SSSR count). The van der Waals surface area contributed by atoms with Crippen LogP contribution in [0.5, 0.6) is 5.75 Å². The molecule has 2 heterocycles. The largest absolute Gasteiger partial charge is 0.485 e. The lowest BCUT2D eigenvalue weighted by molar-refractivity contribution is -0.0387. The number of benzene rings is 1. The minimum Gasteiger partial charge on any atom is -0.485 e. The molecule has 1 fully saturated rings. The molecule has 1 saturated heterocycles. The summed E-state index contributed by atoms with van der Waals surface area (Å²) < 4.78 is 16.0. The summed E-state index contributed by atoms with van der Waals surface area (Å²) in [5, 5.41) is 3.77. The van der Waals surface area contributed by atoms with Crippen LogP contribution in [0.3, 0.4) is 0 Å². The second kappa shape index (κ2) is 7.00. The Bertz CT molecular complexity index is 698. The van der Waals surface area contributed by atoms with Crippen molar-refractivity contribution >= 4 is 5.91 Å². The van der Waals surface area contributed by atoms with Crippen LogP contribution in [0.25, 0.3) is 0 Å². The number of carbonyl (C=O) groups excluding carboxylic acids is 1. The Morgan fingerprint density at radius 2 is 2.08 bits per heavy atom. The Balaban J connectivity index is 1.62. The summed E-state index contributed by atoms with van der Waals surface area (Å²) in [5.74, 6) is 1.66. The van der Waals surface area contributed by atoms with Crippen LogP contribution in [0, 0.1) is 6.92 Å². The molecule has 1 amide bonds. The molecular formula is C17H21N3O4. The second-order valence-electron chi connectivity index (χ2n) is 5.99. The molecule has 0 radical (unpaired) electrons. The molecule has 128 valence electrons. The van der Waals surface area contributed by atoms with E-state index in [1.165, 1.54) is 0 Å². The van der Waals surface area contributed by atoms with E-state index in [1.807, 2.05) is 18.7 Å². The van der Waals surface area contributed by atoms with Gasteiger partial charge in [0.2, 0.25) is 11.7 Å². The standard InChI is InChI=1S/C17H21N3O4/c1-11-9-22-12(2)8-20(11)17(21)14-4-6-15(7-5-14)23-10-16-18-13(3)24-19-16/h4-7,11-12H,8-10H2,1-3H3/t11-,12-/m1/s1. The number of aryl methyl sites for hydroxylation is 1. The van der Waals surface area contributed by atoms with Gasteiger partial charge in [-0.15, -0.1) is 0 Å². The predicted molar refractivity (Wildman–Crippen MR) is 85.7 cm³/mol. The van der Waals surface area contributed by atoms with Crippen molar-refractivity contribution in [3.63, 3.8) is 0 Å². The Morgan fingerprint density at radius 1 is 1.33 bits per heavy atom. The first-order valence-electron chi connectivity index (χ1n) is 7.97. The normalized spacial score (nSPS) is 20.9. The number of ether oxygens (including phenoxy) is 2. The smallest absolute Gasteiger partial charge is 0.254 e. The van der Waals surface area contributed by atoms with E-state index < -0.39 is 0 Å². The van der Waals surface area contributed by atoms with Gasteiger partial charge in [-0.1, -0.05) is 5.16 Å². The number of amides is 1. The van der Waals surface area contributed by atoms with Gasteiger partial charge in [0.05, 0.1) is 18.8 Å². The average molecular weight is 331 g/mol. The molecule has 0 N–H and O–H groups in total. The Hall–Kier alpha value is -2.41. The van der Waals surface area contributed by atoms with Crippen LogP contribution >= 0.6 is 0 Å². The third-order valence-electron chi connectivity index (χ3n) is 3.91. The lowest BCUT2D eigenvalue weighted by Gasteiger charge is -2.36. The van der Waals surface area contributed by atoms with E-state index in [0.29, 0.717) is 36.2 Å². The van der Waals surface area contributed by atoms with Crippen LogP contribution in [0.15, 0.2) is 28.8 Å². The van der Waals surface area contributed by atoms with Crippen molar-refractivity contribution in [1.82, 2.24) is 15.0 Å². The number of hydrogen-bond donors (Lipinski definition) is 0. The summed E-state index contributed by atoms with van der Waals surface area (Å²) in [7, 11) is 0. The third-order valence-corrected chi connectivity index (χ3v) is 3.91. The highest BCUT2D eigenvalue weighted by Crippen LogP contribution is 2.18. The zero-order valence-corrected chi connectivity index (χ0v) is 14.1. The zero-order valence-electron chi connectivity index (χ0n) is 14.1. The van der Waals surface area contributed by atoms with E-state index in [0.717, 1.165) is 0 Å². The van der Waals surface area contributed by atoms with Gasteiger partial charge in [-0.2, -0.15) is 4.98 Å². The van der Waals surface area contributed by atoms with Crippen molar-refractivity contribution in [2.24, 2.45) is 0 Å². The molecule has 0 unspecified atom stereocenters. The summed E-state index contributed by atoms with van der Waals surface area (Å²) in [6.45, 7) is 7.09. The number of rotatable bonds is 4. The molecule has 24 heavy (non-hydrogen) atoms. The number of nitrogens with zero attached hydrogens (tertiary/aromatic N) is 3. The topological polar surface area (TPSA) is 77.7 Å². The van der Waals surface area contributed by atoms with Gasteiger partial charge >= 0.3 is 0 Å². The number of carbonyl (C=O) groups is 1. The van der Waals surface area contributed by atoms with E-state index in [2.05, 4.69) is 10.1 Å². The van der Waals surface area contributed by atoms with Crippen LogP contribution < -0.4 is 4.74 Å². The van der Waals surface area contributed by atoms with Crippen molar-refractivity contribution in [1.29, 1.82) is 0 Å². The van der Waals surface area contributed by atoms with Crippen molar-refractivity contribution < 1.29 is 18.8 Å². The molecule has 0 saturated carbocycles. The van der Waals surface area contributed by atoms with Crippen LogP contribution in [0.4, 0.5) is 0 Å². The highest BCUT2D eigenvalue weighted by molar-refractivity contribution is 5.94. The summed E-state index contributed by atoms with van der Waals surface area (Å²) in [5.41, 5.74) is 0.638. The molecule has 2 aromatic rings. The van der Waals surface area contributed by atoms with Crippen LogP contribution in [-0.2, 0) is 11.3 Å². The fourth-order valence-corrected chi connectivity index (χ4v) is 2.59. The first kappa shape index (κ1) is 16.4. The maximum Gasteiger partial charge on any atom is 0.254 e. The summed E-state index contributed by atoms with van der Waals surface area (Å²) in [6.07, 6.45) is 0.0613. The molecule has 2 atom stereocenters. The quantitative estimate of drug-likeness (QED) is 0.855. The zero-order chi connectivity index (χ0) is 17.1. The third kappa shape index (κ3) is 3.73. The van der Waals surface area contributed by atoms with E-state index in [1.54, 1.807) is 31.2 Å². The highest BCUT2D eigenvalue weighted by Gasteiger charge is 2.28. The van der Waals surface area contributed by atoms with E-state index >= 15 is 0 Å². The lowest BCUT2D eigenvalue weighted by Crippen LogP contribution is -2.50. The molecule has 1 aliphatic heterocycles. The second-order valence-corrected chi connectivity index (χ2v) is 5.99. The predicted octanol–water partition coefficient (Wildman–Crippen LogP) is 2.21. The van der Waals surface area contributed by atoms with Gasteiger partial charge in [0, 0.05) is 19.0 Å². The molecular weight excluding hydrogens is 310 g/mol. The van der Waals surface area contributed by atoms with Gasteiger partial charge in [0.25, 0.3) is 5.91 Å². The molecule has 1 aromatic heterocycles. The van der Waals surface area contributed by atoms with Crippen LogP contribution in [-0.4, -0.2) is 46.2 Å². The molecule has 0 bridgehead atoms. The van der Waals surface area contributed by atoms with E-state index in [-0.39, 0.29) is 24.7 Å². The molecule has 0 aliphatic carbocycles. The number of aromatic nitrogens is 2. The Kier molecular flexibility index (Phi) is 4.80. The molecule has 1 aromatic carbocycles. The minimum absolute atomic E-state index is 0.0120. The fraction of sp³-hybridized carbons (Fsp3) is 0.471. The Morgan fingerprint density at radius 3 is 2.75 bits per heavy atom. The highest BCUT2D eigenvalue weighted by atomic mass is 16.5. The molecule has 0 spiro atoms. The fourth-order valence-electron chi connectivity index (χ4n) is 2.59. The van der Waals surface area contributed by atoms with Gasteiger partial charge in [-0.3, -0.25) is 4.79 Å². The maximum absolute atomic E-state index is 12.6. The van der Waals surface area contributed by atoms with Crippen LogP contribution in [0.1, 0.15) is 35.9 Å². The number of morpholine rings is 1. The minimum atomic E-state index is 0.0120. The van der Waals surface area contributed by atoms with Gasteiger partial charge in [-0.05, 0) is 38.1 Å². The molecule has 7 heteroatoms. The van der Waals surface area contributed by atoms with Crippen molar-refractivity contribution in [3.05, 3.63) is 41.5 Å². The molecule has 7 nitrogen and oxygen atoms in total. The van der Waals surface area contributed by atoms with Crippen molar-refractivity contribution in [3.8, 4) is 5.75 Å². The Labute approximate surface area is 140 Å². The first-order chi connectivity index (χ1) is 11.5. The summed E-state index contributed by atoms with van der Waals surface area (Å²) in [6, 6.07) is 7.16. The maximum atomic E-state index is 12.6. The summed E-state index contributed by atoms with van der Waals surface area (Å²) in [4.78, 5) is 18.6. The monoisotopic (exact) mass is 331 g/mol. The van der Waals surface area contributed by atoms with Gasteiger partial charge in [-0.25, -0.2) is 0 Å². The average Bonchev–Trinajstić information content (AvgIpc) is 3.00. The first-order valence-corrected chi connectivity index (χ1v) is 7.97. The van der Waals surface area contributed by atoms with Gasteiger partial charge in [0.1, 0.15) is 5.75 Å². The lowest BCUT2D eigenvalue weighted by atomic mass is 10.1. The van der Waals surface area contributed by atoms with Gasteiger partial charge in [0.15, 0.2) is 6.61 Å². The van der Waals surface area contributed by atoms with Crippen molar-refractivity contribution in [2.75, 3.05) is 13.2 Å². The van der Waals surface area contributed by atoms with E-state index in [4.69, 9.17) is 14.0 Å². The SMILES string of the molecule is Cc1nc(COc2ccc(C(=O)N3C[C@@H](C)OC[C@H]3C)cc2)no1.